The third kappa shape index (κ3) is 7.36. The molecular formula is C26H29Cl2N3O6. The molecule has 1 fully saturated rings. The van der Waals surface area contributed by atoms with E-state index in [2.05, 4.69) is 20.7 Å². The van der Waals surface area contributed by atoms with Crippen molar-refractivity contribution < 1.29 is 29.0 Å². The van der Waals surface area contributed by atoms with E-state index in [-0.39, 0.29) is 34.5 Å². The van der Waals surface area contributed by atoms with Gasteiger partial charge in [0.1, 0.15) is 6.04 Å². The third-order valence-electron chi connectivity index (χ3n) is 6.55. The summed E-state index contributed by atoms with van der Waals surface area (Å²) < 4.78 is 4.57. The highest BCUT2D eigenvalue weighted by Gasteiger charge is 2.42. The molecule has 1 atom stereocenters. The molecular weight excluding hydrogens is 521 g/mol. The molecule has 4 N–H and O–H groups in total. The summed E-state index contributed by atoms with van der Waals surface area (Å²) in [6.07, 6.45) is 2.83. The second kappa shape index (κ2) is 12.8. The Labute approximate surface area is 224 Å². The molecule has 1 aliphatic carbocycles. The molecule has 0 aliphatic heterocycles. The van der Waals surface area contributed by atoms with Crippen molar-refractivity contribution in [2.24, 2.45) is 5.41 Å². The minimum atomic E-state index is -1.15. The zero-order valence-electron chi connectivity index (χ0n) is 20.3. The van der Waals surface area contributed by atoms with Crippen LogP contribution in [-0.4, -0.2) is 48.7 Å². The molecule has 0 heterocycles. The van der Waals surface area contributed by atoms with Crippen molar-refractivity contribution in [3.8, 4) is 0 Å². The molecule has 1 unspecified atom stereocenters. The zero-order chi connectivity index (χ0) is 27.0. The number of amides is 3. The third-order valence-corrected chi connectivity index (χ3v) is 7.18. The van der Waals surface area contributed by atoms with E-state index in [9.17, 15) is 24.3 Å². The molecule has 0 aromatic heterocycles. The zero-order valence-corrected chi connectivity index (χ0v) is 21.8. The number of carboxylic acid groups (broad SMARTS) is 1. The fourth-order valence-electron chi connectivity index (χ4n) is 4.50. The lowest BCUT2D eigenvalue weighted by Gasteiger charge is -2.29. The van der Waals surface area contributed by atoms with Crippen LogP contribution in [-0.2, 0) is 20.7 Å². The normalized spacial score (nSPS) is 14.9. The maximum absolute atomic E-state index is 13.2. The van der Waals surface area contributed by atoms with Crippen molar-refractivity contribution in [2.75, 3.05) is 19.0 Å². The Morgan fingerprint density at radius 2 is 1.65 bits per heavy atom. The Morgan fingerprint density at radius 3 is 2.22 bits per heavy atom. The highest BCUT2D eigenvalue weighted by molar-refractivity contribution is 6.40. The van der Waals surface area contributed by atoms with E-state index in [4.69, 9.17) is 23.2 Å². The number of benzene rings is 2. The van der Waals surface area contributed by atoms with E-state index in [1.807, 2.05) is 0 Å². The number of alkyl carbamates (subject to hydrolysis) is 1. The van der Waals surface area contributed by atoms with Crippen molar-refractivity contribution in [1.82, 2.24) is 10.6 Å². The molecule has 2 aromatic carbocycles. The first kappa shape index (κ1) is 28.3. The van der Waals surface area contributed by atoms with Crippen LogP contribution < -0.4 is 16.0 Å². The number of carbonyl (C=O) groups excluding carboxylic acids is 3. The maximum atomic E-state index is 13.2. The average Bonchev–Trinajstić information content (AvgIpc) is 3.34. The largest absolute Gasteiger partial charge is 0.480 e. The Kier molecular flexibility index (Phi) is 9.77. The van der Waals surface area contributed by atoms with Gasteiger partial charge >= 0.3 is 12.1 Å². The van der Waals surface area contributed by atoms with E-state index in [1.165, 1.54) is 7.11 Å². The molecule has 3 rings (SSSR count). The summed E-state index contributed by atoms with van der Waals surface area (Å²) in [5, 5.41) is 18.2. The van der Waals surface area contributed by atoms with Crippen molar-refractivity contribution in [3.05, 3.63) is 63.6 Å². The van der Waals surface area contributed by atoms with E-state index in [0.29, 0.717) is 30.5 Å². The number of hydrogen-bond donors (Lipinski definition) is 4. The van der Waals surface area contributed by atoms with Gasteiger partial charge in [0.2, 0.25) is 5.91 Å². The van der Waals surface area contributed by atoms with Gasteiger partial charge in [-0.25, -0.2) is 9.59 Å². The summed E-state index contributed by atoms with van der Waals surface area (Å²) in [7, 11) is 1.26. The standard InChI is InChI=1S/C26H29Cl2N3O6/c1-37-25(36)29-14-13-26(11-2-3-12-26)24(35)31-20(23(33)34)15-16-7-9-17(10-8-16)30-22(32)21-18(27)5-4-6-19(21)28/h4-10,20H,2-3,11-15H2,1H3,(H,29,36)(H,30,32)(H,31,35)(H,33,34). The molecule has 2 aromatic rings. The van der Waals surface area contributed by atoms with Gasteiger partial charge in [0.25, 0.3) is 5.91 Å². The van der Waals surface area contributed by atoms with Gasteiger partial charge in [-0.15, -0.1) is 0 Å². The van der Waals surface area contributed by atoms with Gasteiger partial charge in [-0.05, 0) is 49.1 Å². The number of carboxylic acids is 1. The smallest absolute Gasteiger partial charge is 0.406 e. The number of nitrogens with one attached hydrogen (secondary N) is 3. The summed E-state index contributed by atoms with van der Waals surface area (Å²) in [5.74, 6) is -1.95. The number of halogens is 2. The molecule has 0 radical (unpaired) electrons. The van der Waals surface area contributed by atoms with Crippen LogP contribution in [0.1, 0.15) is 48.0 Å². The molecule has 9 nitrogen and oxygen atoms in total. The van der Waals surface area contributed by atoms with Crippen LogP contribution in [0.5, 0.6) is 0 Å². The summed E-state index contributed by atoms with van der Waals surface area (Å²) in [6.45, 7) is 0.254. The molecule has 0 spiro atoms. The van der Waals surface area contributed by atoms with Crippen molar-refractivity contribution in [2.45, 2.75) is 44.6 Å². The summed E-state index contributed by atoms with van der Waals surface area (Å²) in [5.41, 5.74) is 0.562. The summed E-state index contributed by atoms with van der Waals surface area (Å²) >= 11 is 12.2. The number of rotatable bonds is 10. The first-order chi connectivity index (χ1) is 17.6. The number of anilines is 1. The molecule has 0 bridgehead atoms. The monoisotopic (exact) mass is 549 g/mol. The molecule has 3 amide bonds. The predicted octanol–water partition coefficient (Wildman–Crippen LogP) is 4.66. The Bertz CT molecular complexity index is 1130. The Balaban J connectivity index is 1.63. The lowest BCUT2D eigenvalue weighted by molar-refractivity contribution is -0.144. The van der Waals surface area contributed by atoms with Crippen molar-refractivity contribution in [1.29, 1.82) is 0 Å². The fourth-order valence-corrected chi connectivity index (χ4v) is 5.07. The minimum absolute atomic E-state index is 0.0577. The first-order valence-electron chi connectivity index (χ1n) is 11.8. The van der Waals surface area contributed by atoms with E-state index in [1.54, 1.807) is 42.5 Å². The number of ether oxygens (including phenoxy) is 1. The van der Waals surface area contributed by atoms with Gasteiger partial charge in [0.05, 0.1) is 28.1 Å². The van der Waals surface area contributed by atoms with Gasteiger partial charge in [-0.2, -0.15) is 0 Å². The topological polar surface area (TPSA) is 134 Å². The molecule has 0 saturated heterocycles. The fraction of sp³-hybridized carbons (Fsp3) is 0.385. The van der Waals surface area contributed by atoms with E-state index in [0.717, 1.165) is 12.8 Å². The minimum Gasteiger partial charge on any atom is -0.480 e. The van der Waals surface area contributed by atoms with Crippen molar-refractivity contribution in [3.63, 3.8) is 0 Å². The second-order valence-corrected chi connectivity index (χ2v) is 9.79. The van der Waals surface area contributed by atoms with Crippen LogP contribution in [0.4, 0.5) is 10.5 Å². The van der Waals surface area contributed by atoms with Crippen molar-refractivity contribution >= 4 is 52.8 Å². The molecule has 198 valence electrons. The number of hydrogen-bond acceptors (Lipinski definition) is 5. The highest BCUT2D eigenvalue weighted by Crippen LogP contribution is 2.41. The second-order valence-electron chi connectivity index (χ2n) is 8.97. The van der Waals surface area contributed by atoms with Crippen LogP contribution in [0.3, 0.4) is 0 Å². The van der Waals surface area contributed by atoms with Gasteiger partial charge in [0, 0.05) is 18.7 Å². The summed E-state index contributed by atoms with van der Waals surface area (Å²) in [4.78, 5) is 49.1. The number of carbonyl (C=O) groups is 4. The van der Waals surface area contributed by atoms with Gasteiger partial charge in [-0.1, -0.05) is 54.2 Å². The van der Waals surface area contributed by atoms with Gasteiger partial charge in [-0.3, -0.25) is 9.59 Å². The SMILES string of the molecule is COC(=O)NCCC1(C(=O)NC(Cc2ccc(NC(=O)c3c(Cl)cccc3Cl)cc2)C(=O)O)CCCC1. The lowest BCUT2D eigenvalue weighted by atomic mass is 9.81. The summed E-state index contributed by atoms with van der Waals surface area (Å²) in [6, 6.07) is 10.3. The highest BCUT2D eigenvalue weighted by atomic mass is 35.5. The molecule has 1 saturated carbocycles. The lowest BCUT2D eigenvalue weighted by Crippen LogP contribution is -2.49. The van der Waals surface area contributed by atoms with Gasteiger partial charge in [0.15, 0.2) is 0 Å². The van der Waals surface area contributed by atoms with E-state index >= 15 is 0 Å². The Hall–Kier alpha value is -3.30. The van der Waals surface area contributed by atoms with Gasteiger partial charge < -0.3 is 25.8 Å². The van der Waals surface area contributed by atoms with Crippen LogP contribution in [0.2, 0.25) is 10.0 Å². The average molecular weight is 550 g/mol. The van der Waals surface area contributed by atoms with Crippen LogP contribution in [0.25, 0.3) is 0 Å². The van der Waals surface area contributed by atoms with Crippen LogP contribution in [0.15, 0.2) is 42.5 Å². The Morgan fingerprint density at radius 1 is 1.03 bits per heavy atom. The molecule has 1 aliphatic rings. The van der Waals surface area contributed by atoms with E-state index < -0.39 is 29.4 Å². The van der Waals surface area contributed by atoms with Crippen LogP contribution in [0, 0.1) is 5.41 Å². The first-order valence-corrected chi connectivity index (χ1v) is 12.6. The number of methoxy groups -OCH3 is 1. The number of aliphatic carboxylic acids is 1. The molecule has 11 heteroatoms. The molecule has 37 heavy (non-hydrogen) atoms. The quantitative estimate of drug-likeness (QED) is 0.340. The predicted molar refractivity (Wildman–Crippen MR) is 140 cm³/mol. The van der Waals surface area contributed by atoms with Crippen LogP contribution >= 0.6 is 23.2 Å². The maximum Gasteiger partial charge on any atom is 0.406 e.